The normalized spacial score (nSPS) is 12.2. The van der Waals surface area contributed by atoms with Crippen LogP contribution in [0.5, 0.6) is 0 Å². The third-order valence-corrected chi connectivity index (χ3v) is 6.15. The van der Waals surface area contributed by atoms with E-state index in [0.29, 0.717) is 25.0 Å². The summed E-state index contributed by atoms with van der Waals surface area (Å²) in [6, 6.07) is 16.9. The van der Waals surface area contributed by atoms with Crippen molar-refractivity contribution >= 4 is 43.0 Å². The average molecular weight is 446 g/mol. The molecule has 0 atom stereocenters. The van der Waals surface area contributed by atoms with E-state index in [1.54, 1.807) is 30.6 Å². The van der Waals surface area contributed by atoms with Gasteiger partial charge in [-0.25, -0.2) is 17.1 Å². The summed E-state index contributed by atoms with van der Waals surface area (Å²) in [6.07, 6.45) is 7.31. The summed E-state index contributed by atoms with van der Waals surface area (Å²) in [5.74, 6) is 0. The Morgan fingerprint density at radius 1 is 1.07 bits per heavy atom. The summed E-state index contributed by atoms with van der Waals surface area (Å²) in [7, 11) is -3.59. The number of hydrogen-bond donors (Lipinski definition) is 1. The Kier molecular flexibility index (Phi) is 6.73. The fourth-order valence-corrected chi connectivity index (χ4v) is 4.26. The van der Waals surface area contributed by atoms with Crippen LogP contribution in [0.25, 0.3) is 16.8 Å². The Labute approximate surface area is 168 Å². The van der Waals surface area contributed by atoms with Crippen molar-refractivity contribution in [1.82, 2.24) is 13.6 Å². The fourth-order valence-electron chi connectivity index (χ4n) is 2.66. The molecule has 3 aromatic rings. The molecule has 2 aromatic carbocycles. The van der Waals surface area contributed by atoms with Gasteiger partial charge in [0.15, 0.2) is 0 Å². The van der Waals surface area contributed by atoms with E-state index < -0.39 is 10.0 Å². The minimum absolute atomic E-state index is 0.271. The van der Waals surface area contributed by atoms with Crippen LogP contribution >= 0.6 is 16.1 Å². The number of sulfonamides is 1. The van der Waals surface area contributed by atoms with E-state index in [4.69, 9.17) is 0 Å². The zero-order valence-corrected chi connectivity index (χ0v) is 17.0. The van der Waals surface area contributed by atoms with Crippen molar-refractivity contribution in [3.05, 3.63) is 78.6 Å². The summed E-state index contributed by atoms with van der Waals surface area (Å²) < 4.78 is 29.8. The van der Waals surface area contributed by atoms with Gasteiger partial charge >= 0.3 is 0 Å². The van der Waals surface area contributed by atoms with Crippen molar-refractivity contribution in [3.8, 4) is 0 Å². The van der Waals surface area contributed by atoms with Gasteiger partial charge in [-0.05, 0) is 17.7 Å². The fraction of sp³-hybridized carbons (Fsp3) is 0.150. The monoisotopic (exact) mass is 445 g/mol. The zero-order chi connectivity index (χ0) is 19.1. The van der Waals surface area contributed by atoms with Crippen LogP contribution in [0.2, 0.25) is 0 Å². The second-order valence-electron chi connectivity index (χ2n) is 5.93. The molecule has 0 amide bonds. The number of halogens is 1. The molecule has 0 bridgehead atoms. The first-order chi connectivity index (χ1) is 13.1. The SMILES string of the molecule is O=S(=O)(NCCN(Br)CC=Cc1ccccc1)c1cccc2cnccc12. The number of aromatic nitrogens is 1. The quantitative estimate of drug-likeness (QED) is 0.535. The van der Waals surface area contributed by atoms with Gasteiger partial charge < -0.3 is 0 Å². The molecule has 0 saturated carbocycles. The first kappa shape index (κ1) is 19.7. The minimum atomic E-state index is -3.59. The maximum Gasteiger partial charge on any atom is 0.241 e. The molecule has 1 aromatic heterocycles. The predicted octanol–water partition coefficient (Wildman–Crippen LogP) is 3.84. The number of fused-ring (bicyclic) bond motifs is 1. The van der Waals surface area contributed by atoms with Gasteiger partial charge in [-0.1, -0.05) is 54.6 Å². The van der Waals surface area contributed by atoms with Gasteiger partial charge in [-0.3, -0.25) is 4.98 Å². The van der Waals surface area contributed by atoms with Gasteiger partial charge in [0.05, 0.1) is 4.90 Å². The number of rotatable bonds is 8. The van der Waals surface area contributed by atoms with Crippen molar-refractivity contribution in [2.75, 3.05) is 19.6 Å². The lowest BCUT2D eigenvalue weighted by atomic mass is 10.2. The number of hydrogen-bond acceptors (Lipinski definition) is 4. The Hall–Kier alpha value is -2.06. The molecule has 1 heterocycles. The van der Waals surface area contributed by atoms with Crippen molar-refractivity contribution in [3.63, 3.8) is 0 Å². The molecule has 0 saturated heterocycles. The van der Waals surface area contributed by atoms with Crippen molar-refractivity contribution in [1.29, 1.82) is 0 Å². The van der Waals surface area contributed by atoms with Gasteiger partial charge in [0.25, 0.3) is 0 Å². The summed E-state index contributed by atoms with van der Waals surface area (Å²) >= 11 is 3.45. The van der Waals surface area contributed by atoms with Crippen LogP contribution in [0, 0.1) is 0 Å². The Balaban J connectivity index is 1.55. The maximum atomic E-state index is 12.6. The summed E-state index contributed by atoms with van der Waals surface area (Å²) in [4.78, 5) is 4.31. The highest BCUT2D eigenvalue weighted by molar-refractivity contribution is 9.07. The number of benzene rings is 2. The van der Waals surface area contributed by atoms with Crippen LogP contribution in [0.15, 0.2) is 78.0 Å². The third kappa shape index (κ3) is 5.46. The molecule has 5 nitrogen and oxygen atoms in total. The van der Waals surface area contributed by atoms with Gasteiger partial charge in [0, 0.05) is 58.9 Å². The maximum absolute atomic E-state index is 12.6. The molecular weight excluding hydrogens is 426 g/mol. The smallest absolute Gasteiger partial charge is 0.241 e. The molecule has 7 heteroatoms. The van der Waals surface area contributed by atoms with Gasteiger partial charge in [0.2, 0.25) is 10.0 Å². The zero-order valence-electron chi connectivity index (χ0n) is 14.6. The van der Waals surface area contributed by atoms with Crippen molar-refractivity contribution in [2.45, 2.75) is 4.90 Å². The van der Waals surface area contributed by atoms with Gasteiger partial charge in [-0.15, -0.1) is 0 Å². The van der Waals surface area contributed by atoms with Crippen LogP contribution in [-0.2, 0) is 10.0 Å². The first-order valence-corrected chi connectivity index (χ1v) is 10.7. The summed E-state index contributed by atoms with van der Waals surface area (Å²) in [5, 5.41) is 1.47. The highest BCUT2D eigenvalue weighted by atomic mass is 79.9. The molecular formula is C20H20BrN3O2S. The Morgan fingerprint density at radius 3 is 2.70 bits per heavy atom. The number of pyridine rings is 1. The van der Waals surface area contributed by atoms with E-state index in [2.05, 4.69) is 25.9 Å². The van der Waals surface area contributed by atoms with E-state index in [9.17, 15) is 8.42 Å². The van der Waals surface area contributed by atoms with Crippen molar-refractivity contribution < 1.29 is 8.42 Å². The van der Waals surface area contributed by atoms with Gasteiger partial charge in [-0.2, -0.15) is 0 Å². The molecule has 140 valence electrons. The standard InChI is InChI=1S/C20H20BrN3O2S/c21-24(14-5-8-17-6-2-1-3-7-17)15-13-23-27(25,26)20-10-4-9-18-16-22-12-11-19(18)20/h1-12,16,23H,13-15H2. The van der Waals surface area contributed by atoms with E-state index in [-0.39, 0.29) is 4.90 Å². The van der Waals surface area contributed by atoms with Crippen LogP contribution in [0.1, 0.15) is 5.56 Å². The highest BCUT2D eigenvalue weighted by Crippen LogP contribution is 2.21. The molecule has 0 aliphatic heterocycles. The minimum Gasteiger partial charge on any atom is -0.264 e. The second-order valence-corrected chi connectivity index (χ2v) is 8.67. The van der Waals surface area contributed by atoms with E-state index in [0.717, 1.165) is 10.9 Å². The first-order valence-electron chi connectivity index (χ1n) is 8.51. The lowest BCUT2D eigenvalue weighted by molar-refractivity contribution is 0.527. The topological polar surface area (TPSA) is 62.3 Å². The van der Waals surface area contributed by atoms with Crippen LogP contribution in [0.4, 0.5) is 0 Å². The van der Waals surface area contributed by atoms with Crippen LogP contribution in [-0.4, -0.2) is 37.0 Å². The molecule has 3 rings (SSSR count). The lowest BCUT2D eigenvalue weighted by Crippen LogP contribution is -2.31. The van der Waals surface area contributed by atoms with E-state index in [1.807, 2.05) is 52.5 Å². The molecule has 0 aliphatic rings. The lowest BCUT2D eigenvalue weighted by Gasteiger charge is -2.13. The number of nitrogens with zero attached hydrogens (tertiary/aromatic N) is 2. The van der Waals surface area contributed by atoms with Crippen LogP contribution < -0.4 is 4.72 Å². The highest BCUT2D eigenvalue weighted by Gasteiger charge is 2.16. The molecule has 27 heavy (non-hydrogen) atoms. The predicted molar refractivity (Wildman–Crippen MR) is 113 cm³/mol. The third-order valence-electron chi connectivity index (χ3n) is 3.99. The van der Waals surface area contributed by atoms with Crippen LogP contribution in [0.3, 0.4) is 0 Å². The van der Waals surface area contributed by atoms with Gasteiger partial charge in [0.1, 0.15) is 0 Å². The molecule has 1 N–H and O–H groups in total. The van der Waals surface area contributed by atoms with E-state index >= 15 is 0 Å². The molecule has 0 spiro atoms. The van der Waals surface area contributed by atoms with Crippen molar-refractivity contribution in [2.24, 2.45) is 0 Å². The summed E-state index contributed by atoms with van der Waals surface area (Å²) in [5.41, 5.74) is 1.13. The molecule has 0 radical (unpaired) electrons. The van der Waals surface area contributed by atoms with E-state index in [1.165, 1.54) is 0 Å². The summed E-state index contributed by atoms with van der Waals surface area (Å²) in [6.45, 7) is 1.50. The second kappa shape index (κ2) is 9.23. The molecule has 0 fully saturated rings. The molecule has 0 aliphatic carbocycles. The number of nitrogens with one attached hydrogen (secondary N) is 1. The largest absolute Gasteiger partial charge is 0.264 e. The average Bonchev–Trinajstić information content (AvgIpc) is 2.68. The Morgan fingerprint density at radius 2 is 1.89 bits per heavy atom. The molecule has 0 unspecified atom stereocenters. The Bertz CT molecular complexity index is 1020.